The number of anilines is 1. The minimum atomic E-state index is -0.411. The van der Waals surface area contributed by atoms with Crippen LogP contribution in [0.3, 0.4) is 0 Å². The molecule has 0 aliphatic rings. The maximum absolute atomic E-state index is 11.0. The van der Waals surface area contributed by atoms with E-state index in [1.807, 2.05) is 12.1 Å². The Balaban J connectivity index is 1.89. The van der Waals surface area contributed by atoms with Crippen LogP contribution in [0.5, 0.6) is 0 Å². The summed E-state index contributed by atoms with van der Waals surface area (Å²) in [5.41, 5.74) is 6.82. The number of nitrogens with zero attached hydrogens (tertiary/aromatic N) is 2. The van der Waals surface area contributed by atoms with E-state index in [4.69, 9.17) is 5.73 Å². The quantitative estimate of drug-likeness (QED) is 0.607. The number of carbonyl (C=O) groups is 1. The number of amides is 1. The normalized spacial score (nSPS) is 10.2. The number of nitrogens with two attached hydrogens (primary N) is 1. The molecule has 0 unspecified atom stereocenters. The van der Waals surface area contributed by atoms with Gasteiger partial charge < -0.3 is 11.1 Å². The lowest BCUT2D eigenvalue weighted by Gasteiger charge is -2.00. The lowest BCUT2D eigenvalue weighted by atomic mass is 10.1. The maximum atomic E-state index is 11.0. The molecule has 1 aromatic heterocycles. The zero-order chi connectivity index (χ0) is 14.4. The molecule has 0 aliphatic carbocycles. The Hall–Kier alpha value is -1.86. The van der Waals surface area contributed by atoms with Crippen LogP contribution in [0.25, 0.3) is 0 Å². The van der Waals surface area contributed by atoms with E-state index in [0.29, 0.717) is 12.1 Å². The van der Waals surface area contributed by atoms with E-state index in [-0.39, 0.29) is 0 Å². The molecule has 0 aliphatic heterocycles. The molecule has 2 rings (SSSR count). The molecular formula is C13H14N4OS2. The third-order valence-corrected chi connectivity index (χ3v) is 4.49. The van der Waals surface area contributed by atoms with Crippen LogP contribution < -0.4 is 11.1 Å². The van der Waals surface area contributed by atoms with Gasteiger partial charge in [-0.15, -0.1) is 16.8 Å². The first-order valence-electron chi connectivity index (χ1n) is 5.89. The van der Waals surface area contributed by atoms with Crippen LogP contribution in [-0.4, -0.2) is 22.6 Å². The van der Waals surface area contributed by atoms with Gasteiger partial charge in [0.1, 0.15) is 0 Å². The number of nitrogens with one attached hydrogen (secondary N) is 1. The van der Waals surface area contributed by atoms with Crippen molar-refractivity contribution in [1.82, 2.24) is 10.2 Å². The molecular weight excluding hydrogens is 292 g/mol. The molecule has 1 aromatic carbocycles. The molecule has 0 radical (unpaired) electrons. The summed E-state index contributed by atoms with van der Waals surface area (Å²) in [5.74, 6) is 0.362. The number of carbonyl (C=O) groups excluding carboxylic acids is 1. The van der Waals surface area contributed by atoms with Gasteiger partial charge in [0.25, 0.3) is 0 Å². The van der Waals surface area contributed by atoms with Crippen molar-refractivity contribution >= 4 is 34.1 Å². The van der Waals surface area contributed by atoms with Crippen molar-refractivity contribution in [3.05, 3.63) is 48.0 Å². The van der Waals surface area contributed by atoms with E-state index in [9.17, 15) is 4.79 Å². The van der Waals surface area contributed by atoms with Crippen molar-refractivity contribution in [3.63, 3.8) is 0 Å². The predicted octanol–water partition coefficient (Wildman–Crippen LogP) is 2.53. The number of hydrogen-bond donors (Lipinski definition) is 2. The summed E-state index contributed by atoms with van der Waals surface area (Å²) >= 11 is 3.11. The lowest BCUT2D eigenvalue weighted by molar-refractivity contribution is 0.100. The van der Waals surface area contributed by atoms with Crippen molar-refractivity contribution in [2.75, 3.05) is 11.9 Å². The van der Waals surface area contributed by atoms with Gasteiger partial charge in [0.05, 0.1) is 0 Å². The van der Waals surface area contributed by atoms with Crippen molar-refractivity contribution in [2.24, 2.45) is 5.73 Å². The number of rotatable bonds is 7. The standard InChI is InChI=1S/C13H14N4OS2/c1-2-7-15-12-16-17-13(20-12)19-8-9-3-5-10(6-4-9)11(14)18/h2-6H,1,7-8H2,(H2,14,18)(H,15,16). The second-order valence-electron chi connectivity index (χ2n) is 3.89. The van der Waals surface area contributed by atoms with Crippen molar-refractivity contribution in [3.8, 4) is 0 Å². The average molecular weight is 306 g/mol. The van der Waals surface area contributed by atoms with Crippen LogP contribution in [0, 0.1) is 0 Å². The summed E-state index contributed by atoms with van der Waals surface area (Å²) < 4.78 is 0.899. The van der Waals surface area contributed by atoms with Crippen LogP contribution in [0.15, 0.2) is 41.3 Å². The molecule has 104 valence electrons. The largest absolute Gasteiger partial charge is 0.366 e. The smallest absolute Gasteiger partial charge is 0.248 e. The molecule has 0 saturated carbocycles. The first-order valence-corrected chi connectivity index (χ1v) is 7.69. The van der Waals surface area contributed by atoms with Crippen LogP contribution in [0.1, 0.15) is 15.9 Å². The number of thioether (sulfide) groups is 1. The van der Waals surface area contributed by atoms with Gasteiger partial charge in [0.15, 0.2) is 4.34 Å². The summed E-state index contributed by atoms with van der Waals surface area (Å²) in [7, 11) is 0. The molecule has 0 saturated heterocycles. The molecule has 20 heavy (non-hydrogen) atoms. The summed E-state index contributed by atoms with van der Waals surface area (Å²) in [6.07, 6.45) is 1.77. The molecule has 0 spiro atoms. The van der Waals surface area contributed by atoms with Crippen LogP contribution in [-0.2, 0) is 5.75 Å². The summed E-state index contributed by atoms with van der Waals surface area (Å²) in [6.45, 7) is 4.31. The molecule has 0 atom stereocenters. The Bertz CT molecular complexity index is 595. The minimum absolute atomic E-state index is 0.411. The van der Waals surface area contributed by atoms with Crippen LogP contribution >= 0.6 is 23.1 Å². The number of hydrogen-bond acceptors (Lipinski definition) is 6. The Labute approximate surface area is 125 Å². The third kappa shape index (κ3) is 4.07. The topological polar surface area (TPSA) is 80.9 Å². The Morgan fingerprint density at radius 2 is 2.15 bits per heavy atom. The second kappa shape index (κ2) is 7.06. The molecule has 7 heteroatoms. The highest BCUT2D eigenvalue weighted by molar-refractivity contribution is 8.00. The minimum Gasteiger partial charge on any atom is -0.366 e. The van der Waals surface area contributed by atoms with E-state index >= 15 is 0 Å². The van der Waals surface area contributed by atoms with Gasteiger partial charge in [0.2, 0.25) is 11.0 Å². The van der Waals surface area contributed by atoms with E-state index in [2.05, 4.69) is 22.1 Å². The van der Waals surface area contributed by atoms with Gasteiger partial charge in [-0.1, -0.05) is 41.3 Å². The number of aromatic nitrogens is 2. The maximum Gasteiger partial charge on any atom is 0.248 e. The molecule has 0 bridgehead atoms. The third-order valence-electron chi connectivity index (χ3n) is 2.40. The summed E-state index contributed by atoms with van der Waals surface area (Å²) in [6, 6.07) is 7.25. The predicted molar refractivity (Wildman–Crippen MR) is 83.1 cm³/mol. The molecule has 2 aromatic rings. The fourth-order valence-corrected chi connectivity index (χ4v) is 3.12. The first kappa shape index (κ1) is 14.5. The summed E-state index contributed by atoms with van der Waals surface area (Å²) in [5, 5.41) is 12.0. The van der Waals surface area contributed by atoms with Gasteiger partial charge in [0, 0.05) is 17.9 Å². The molecule has 3 N–H and O–H groups in total. The Kier molecular flexibility index (Phi) is 5.14. The Morgan fingerprint density at radius 3 is 2.80 bits per heavy atom. The highest BCUT2D eigenvalue weighted by atomic mass is 32.2. The zero-order valence-corrected chi connectivity index (χ0v) is 12.3. The van der Waals surface area contributed by atoms with Gasteiger partial charge >= 0.3 is 0 Å². The highest BCUT2D eigenvalue weighted by Gasteiger charge is 2.05. The zero-order valence-electron chi connectivity index (χ0n) is 10.7. The van der Waals surface area contributed by atoms with Gasteiger partial charge in [-0.05, 0) is 17.7 Å². The van der Waals surface area contributed by atoms with E-state index in [0.717, 1.165) is 20.8 Å². The van der Waals surface area contributed by atoms with E-state index in [1.54, 1.807) is 30.0 Å². The van der Waals surface area contributed by atoms with E-state index < -0.39 is 5.91 Å². The van der Waals surface area contributed by atoms with Crippen LogP contribution in [0.4, 0.5) is 5.13 Å². The monoisotopic (exact) mass is 306 g/mol. The SMILES string of the molecule is C=CCNc1nnc(SCc2ccc(C(N)=O)cc2)s1. The van der Waals surface area contributed by atoms with Crippen molar-refractivity contribution in [1.29, 1.82) is 0 Å². The average Bonchev–Trinajstić information content (AvgIpc) is 2.91. The fourth-order valence-electron chi connectivity index (χ4n) is 1.41. The Morgan fingerprint density at radius 1 is 1.40 bits per heavy atom. The van der Waals surface area contributed by atoms with E-state index in [1.165, 1.54) is 11.3 Å². The van der Waals surface area contributed by atoms with Crippen molar-refractivity contribution < 1.29 is 4.79 Å². The van der Waals surface area contributed by atoms with Crippen molar-refractivity contribution in [2.45, 2.75) is 10.1 Å². The van der Waals surface area contributed by atoms with Gasteiger partial charge in [-0.25, -0.2) is 0 Å². The van der Waals surface area contributed by atoms with Gasteiger partial charge in [-0.2, -0.15) is 0 Å². The number of benzene rings is 1. The first-order chi connectivity index (χ1) is 9.69. The summed E-state index contributed by atoms with van der Waals surface area (Å²) in [4.78, 5) is 11.0. The molecule has 1 heterocycles. The number of primary amides is 1. The molecule has 1 amide bonds. The lowest BCUT2D eigenvalue weighted by Crippen LogP contribution is -2.10. The second-order valence-corrected chi connectivity index (χ2v) is 6.09. The molecule has 0 fully saturated rings. The fraction of sp³-hybridized carbons (Fsp3) is 0.154. The van der Waals surface area contributed by atoms with Crippen LogP contribution in [0.2, 0.25) is 0 Å². The van der Waals surface area contributed by atoms with Gasteiger partial charge in [-0.3, -0.25) is 4.79 Å². The highest BCUT2D eigenvalue weighted by Crippen LogP contribution is 2.28. The molecule has 5 nitrogen and oxygen atoms in total.